The molecule has 0 bridgehead atoms. The Morgan fingerprint density at radius 3 is 2.37 bits per heavy atom. The molecular weight excluding hydrogens is 442 g/mol. The number of pyridine rings is 1. The average Bonchev–Trinajstić information content (AvgIpc) is 3.76. The van der Waals surface area contributed by atoms with Crippen LogP contribution in [-0.4, -0.2) is 42.8 Å². The second-order valence-corrected chi connectivity index (χ2v) is 9.86. The fourth-order valence-corrected chi connectivity index (χ4v) is 5.27. The first-order valence-corrected chi connectivity index (χ1v) is 12.5. The minimum absolute atomic E-state index is 0.147. The van der Waals surface area contributed by atoms with Gasteiger partial charge in [-0.05, 0) is 89.3 Å². The van der Waals surface area contributed by atoms with Crippen molar-refractivity contribution in [3.8, 4) is 11.1 Å². The summed E-state index contributed by atoms with van der Waals surface area (Å²) in [6.07, 6.45) is 6.07. The molecule has 2 aliphatic rings. The van der Waals surface area contributed by atoms with E-state index in [9.17, 15) is 9.59 Å². The van der Waals surface area contributed by atoms with Crippen LogP contribution in [0.25, 0.3) is 11.1 Å². The molecule has 0 aliphatic heterocycles. The molecule has 35 heavy (non-hydrogen) atoms. The van der Waals surface area contributed by atoms with Gasteiger partial charge in [0, 0.05) is 35.3 Å². The Morgan fingerprint density at radius 2 is 1.80 bits per heavy atom. The zero-order valence-electron chi connectivity index (χ0n) is 20.8. The molecular formula is C26H33N7O2. The van der Waals surface area contributed by atoms with Crippen molar-refractivity contribution in [2.75, 3.05) is 5.32 Å². The Kier molecular flexibility index (Phi) is 6.17. The maximum absolute atomic E-state index is 13.6. The highest BCUT2D eigenvalue weighted by Gasteiger charge is 2.48. The van der Waals surface area contributed by atoms with Crippen LogP contribution in [0, 0.1) is 38.5 Å². The van der Waals surface area contributed by atoms with Crippen molar-refractivity contribution < 1.29 is 9.59 Å². The highest BCUT2D eigenvalue weighted by Crippen LogP contribution is 2.51. The predicted molar refractivity (Wildman–Crippen MR) is 133 cm³/mol. The molecule has 3 N–H and O–H groups in total. The van der Waals surface area contributed by atoms with Crippen molar-refractivity contribution in [2.45, 2.75) is 66.0 Å². The number of aromatic amines is 1. The van der Waals surface area contributed by atoms with E-state index < -0.39 is 6.04 Å². The SMILES string of the molecule is CCn1nccc1C(=O)N[C@@H](C(=O)Nc1ccc(-c2c(C)n[nH]c2C)c(C)n1)C(C1CC1)C1CC1. The zero-order chi connectivity index (χ0) is 24.7. The predicted octanol–water partition coefficient (Wildman–Crippen LogP) is 3.79. The lowest BCUT2D eigenvalue weighted by Crippen LogP contribution is -2.50. The maximum Gasteiger partial charge on any atom is 0.270 e. The number of H-pyrrole nitrogens is 1. The van der Waals surface area contributed by atoms with Gasteiger partial charge in [-0.2, -0.15) is 10.2 Å². The summed E-state index contributed by atoms with van der Waals surface area (Å²) >= 11 is 0. The van der Waals surface area contributed by atoms with E-state index in [1.54, 1.807) is 16.9 Å². The molecule has 1 atom stereocenters. The smallest absolute Gasteiger partial charge is 0.270 e. The first kappa shape index (κ1) is 23.3. The lowest BCUT2D eigenvalue weighted by Gasteiger charge is -2.27. The number of hydrogen-bond acceptors (Lipinski definition) is 5. The Balaban J connectivity index is 1.38. The van der Waals surface area contributed by atoms with Crippen molar-refractivity contribution in [2.24, 2.45) is 17.8 Å². The van der Waals surface area contributed by atoms with E-state index in [0.717, 1.165) is 53.9 Å². The van der Waals surface area contributed by atoms with Gasteiger partial charge in [-0.25, -0.2) is 4.98 Å². The van der Waals surface area contributed by atoms with Crippen LogP contribution in [0.4, 0.5) is 5.82 Å². The number of carbonyl (C=O) groups is 2. The average molecular weight is 476 g/mol. The summed E-state index contributed by atoms with van der Waals surface area (Å²) in [6, 6.07) is 4.87. The first-order valence-electron chi connectivity index (χ1n) is 12.5. The van der Waals surface area contributed by atoms with Gasteiger partial charge in [-0.15, -0.1) is 0 Å². The second kappa shape index (κ2) is 9.28. The van der Waals surface area contributed by atoms with Gasteiger partial charge in [0.1, 0.15) is 17.6 Å². The van der Waals surface area contributed by atoms with E-state index in [0.29, 0.717) is 29.9 Å². The summed E-state index contributed by atoms with van der Waals surface area (Å²) in [4.78, 5) is 31.4. The number of rotatable bonds is 9. The van der Waals surface area contributed by atoms with Gasteiger partial charge < -0.3 is 10.6 Å². The normalized spacial score (nSPS) is 16.4. The molecule has 0 saturated heterocycles. The molecule has 0 unspecified atom stereocenters. The van der Waals surface area contributed by atoms with Crippen LogP contribution >= 0.6 is 0 Å². The standard InChI is InChI=1S/C26H33N7O2/c1-5-33-20(12-13-27-33)25(34)30-24(23(17-6-7-17)18-8-9-18)26(35)29-21-11-10-19(14(2)28-21)22-15(3)31-32-16(22)4/h10-13,17-18,23-24H,5-9H2,1-4H3,(H,30,34)(H,31,32)(H,28,29,35)/t24-/m1/s1. The van der Waals surface area contributed by atoms with E-state index in [4.69, 9.17) is 0 Å². The number of aromatic nitrogens is 5. The third-order valence-electron chi connectivity index (χ3n) is 7.27. The van der Waals surface area contributed by atoms with E-state index in [1.165, 1.54) is 0 Å². The number of anilines is 1. The topological polar surface area (TPSA) is 118 Å². The molecule has 2 saturated carbocycles. The Morgan fingerprint density at radius 1 is 1.09 bits per heavy atom. The summed E-state index contributed by atoms with van der Waals surface area (Å²) in [6.45, 7) is 8.40. The van der Waals surface area contributed by atoms with Gasteiger partial charge in [0.15, 0.2) is 0 Å². The van der Waals surface area contributed by atoms with E-state index in [1.807, 2.05) is 39.8 Å². The van der Waals surface area contributed by atoms with Gasteiger partial charge in [-0.1, -0.05) is 0 Å². The fraction of sp³-hybridized carbons (Fsp3) is 0.500. The monoisotopic (exact) mass is 475 g/mol. The molecule has 3 aromatic rings. The lowest BCUT2D eigenvalue weighted by atomic mass is 9.88. The molecule has 5 rings (SSSR count). The Hall–Kier alpha value is -3.49. The number of amides is 2. The first-order chi connectivity index (χ1) is 16.9. The molecule has 2 amide bonds. The highest BCUT2D eigenvalue weighted by atomic mass is 16.2. The van der Waals surface area contributed by atoms with Gasteiger partial charge >= 0.3 is 0 Å². The second-order valence-electron chi connectivity index (χ2n) is 9.86. The van der Waals surface area contributed by atoms with E-state index in [2.05, 4.69) is 30.9 Å². The van der Waals surface area contributed by atoms with Crippen LogP contribution in [0.1, 0.15) is 60.2 Å². The molecule has 9 nitrogen and oxygen atoms in total. The summed E-state index contributed by atoms with van der Waals surface area (Å²) in [5, 5.41) is 17.6. The summed E-state index contributed by atoms with van der Waals surface area (Å²) < 4.78 is 1.65. The van der Waals surface area contributed by atoms with Gasteiger partial charge in [0.25, 0.3) is 5.91 Å². The number of carbonyl (C=O) groups excluding carboxylic acids is 2. The molecule has 0 aromatic carbocycles. The largest absolute Gasteiger partial charge is 0.339 e. The lowest BCUT2D eigenvalue weighted by molar-refractivity contribution is -0.119. The van der Waals surface area contributed by atoms with Crippen LogP contribution < -0.4 is 10.6 Å². The van der Waals surface area contributed by atoms with E-state index in [-0.39, 0.29) is 17.7 Å². The van der Waals surface area contributed by atoms with Gasteiger partial charge in [0.2, 0.25) is 5.91 Å². The fourth-order valence-electron chi connectivity index (χ4n) is 5.27. The highest BCUT2D eigenvalue weighted by molar-refractivity contribution is 6.00. The molecule has 2 aliphatic carbocycles. The summed E-state index contributed by atoms with van der Waals surface area (Å²) in [7, 11) is 0. The number of aryl methyl sites for hydroxylation is 4. The summed E-state index contributed by atoms with van der Waals surface area (Å²) in [5.41, 5.74) is 5.19. The summed E-state index contributed by atoms with van der Waals surface area (Å²) in [5.74, 6) is 1.13. The number of nitrogens with zero attached hydrogens (tertiary/aromatic N) is 4. The van der Waals surface area contributed by atoms with Crippen LogP contribution in [0.5, 0.6) is 0 Å². The number of nitrogens with one attached hydrogen (secondary N) is 3. The molecule has 0 radical (unpaired) electrons. The third-order valence-corrected chi connectivity index (χ3v) is 7.27. The molecule has 2 fully saturated rings. The number of hydrogen-bond donors (Lipinski definition) is 3. The molecule has 184 valence electrons. The van der Waals surface area contributed by atoms with Crippen molar-refractivity contribution in [3.63, 3.8) is 0 Å². The van der Waals surface area contributed by atoms with Crippen LogP contribution in [0.2, 0.25) is 0 Å². The van der Waals surface area contributed by atoms with Gasteiger partial charge in [0.05, 0.1) is 5.69 Å². The minimum Gasteiger partial charge on any atom is -0.339 e. The maximum atomic E-state index is 13.6. The van der Waals surface area contributed by atoms with E-state index >= 15 is 0 Å². The quantitative estimate of drug-likeness (QED) is 0.435. The Bertz CT molecular complexity index is 1220. The third kappa shape index (κ3) is 4.72. The van der Waals surface area contributed by atoms with Gasteiger partial charge in [-0.3, -0.25) is 19.4 Å². The zero-order valence-corrected chi connectivity index (χ0v) is 20.8. The van der Waals surface area contributed by atoms with Crippen molar-refractivity contribution in [1.82, 2.24) is 30.3 Å². The Labute approximate surface area is 205 Å². The molecule has 3 heterocycles. The molecule has 9 heteroatoms. The van der Waals surface area contributed by atoms with Crippen molar-refractivity contribution in [3.05, 3.63) is 47.2 Å². The minimum atomic E-state index is -0.608. The van der Waals surface area contributed by atoms with Crippen molar-refractivity contribution in [1.29, 1.82) is 0 Å². The molecule has 3 aromatic heterocycles. The van der Waals surface area contributed by atoms with Crippen LogP contribution in [-0.2, 0) is 11.3 Å². The van der Waals surface area contributed by atoms with Crippen molar-refractivity contribution >= 4 is 17.6 Å². The van der Waals surface area contributed by atoms with Crippen LogP contribution in [0.15, 0.2) is 24.4 Å². The van der Waals surface area contributed by atoms with Crippen LogP contribution in [0.3, 0.4) is 0 Å². The molecule has 0 spiro atoms.